The van der Waals surface area contributed by atoms with Crippen LogP contribution in [0.3, 0.4) is 0 Å². The standard InChI is InChI=1S/C15H18N2O2/c1-18-14-6-2-3-7-15(14)19-10-9-17-12-13-5-4-8-16-11-13/h2-8,11,17H,9-10,12H2,1H3. The summed E-state index contributed by atoms with van der Waals surface area (Å²) in [5, 5.41) is 3.30. The summed E-state index contributed by atoms with van der Waals surface area (Å²) in [5.74, 6) is 1.53. The third-order valence-electron chi connectivity index (χ3n) is 2.66. The summed E-state index contributed by atoms with van der Waals surface area (Å²) in [4.78, 5) is 4.07. The average Bonchev–Trinajstić information content (AvgIpc) is 2.48. The van der Waals surface area contributed by atoms with Gasteiger partial charge in [-0.05, 0) is 23.8 Å². The lowest BCUT2D eigenvalue weighted by molar-refractivity contribution is 0.292. The highest BCUT2D eigenvalue weighted by atomic mass is 16.5. The van der Waals surface area contributed by atoms with Gasteiger partial charge in [0.25, 0.3) is 0 Å². The number of pyridine rings is 1. The maximum Gasteiger partial charge on any atom is 0.161 e. The normalized spacial score (nSPS) is 10.2. The first-order chi connectivity index (χ1) is 9.40. The van der Waals surface area contributed by atoms with Crippen molar-refractivity contribution in [2.45, 2.75) is 6.54 Å². The number of para-hydroxylation sites is 2. The fourth-order valence-corrected chi connectivity index (χ4v) is 1.71. The van der Waals surface area contributed by atoms with Crippen LogP contribution in [0.5, 0.6) is 11.5 Å². The second-order valence-electron chi connectivity index (χ2n) is 4.04. The van der Waals surface area contributed by atoms with Gasteiger partial charge in [-0.3, -0.25) is 4.98 Å². The fourth-order valence-electron chi connectivity index (χ4n) is 1.71. The summed E-state index contributed by atoms with van der Waals surface area (Å²) in [5.41, 5.74) is 1.17. The van der Waals surface area contributed by atoms with Crippen LogP contribution in [0.2, 0.25) is 0 Å². The molecule has 1 N–H and O–H groups in total. The van der Waals surface area contributed by atoms with E-state index in [0.717, 1.165) is 24.6 Å². The van der Waals surface area contributed by atoms with Gasteiger partial charge < -0.3 is 14.8 Å². The van der Waals surface area contributed by atoms with Crippen molar-refractivity contribution >= 4 is 0 Å². The van der Waals surface area contributed by atoms with Crippen LogP contribution < -0.4 is 14.8 Å². The van der Waals surface area contributed by atoms with Gasteiger partial charge in [0.15, 0.2) is 11.5 Å². The van der Waals surface area contributed by atoms with Crippen molar-refractivity contribution in [1.29, 1.82) is 0 Å². The maximum atomic E-state index is 5.66. The summed E-state index contributed by atoms with van der Waals surface area (Å²) in [6.45, 7) is 2.16. The molecule has 0 spiro atoms. The van der Waals surface area contributed by atoms with Gasteiger partial charge in [0.05, 0.1) is 7.11 Å². The van der Waals surface area contributed by atoms with Crippen molar-refractivity contribution in [1.82, 2.24) is 10.3 Å². The summed E-state index contributed by atoms with van der Waals surface area (Å²) >= 11 is 0. The van der Waals surface area contributed by atoms with E-state index in [1.807, 2.05) is 42.6 Å². The molecule has 0 atom stereocenters. The molecule has 0 saturated heterocycles. The second-order valence-corrected chi connectivity index (χ2v) is 4.04. The van der Waals surface area contributed by atoms with E-state index in [0.29, 0.717) is 6.61 Å². The van der Waals surface area contributed by atoms with E-state index in [2.05, 4.69) is 10.3 Å². The SMILES string of the molecule is COc1ccccc1OCCNCc1cccnc1. The molecule has 2 aromatic rings. The van der Waals surface area contributed by atoms with Crippen LogP contribution in [0, 0.1) is 0 Å². The van der Waals surface area contributed by atoms with E-state index in [9.17, 15) is 0 Å². The van der Waals surface area contributed by atoms with Crippen LogP contribution in [0.1, 0.15) is 5.56 Å². The lowest BCUT2D eigenvalue weighted by Gasteiger charge is -2.10. The van der Waals surface area contributed by atoms with Gasteiger partial charge in [0.2, 0.25) is 0 Å². The van der Waals surface area contributed by atoms with Crippen molar-refractivity contribution in [2.75, 3.05) is 20.3 Å². The van der Waals surface area contributed by atoms with Gasteiger partial charge >= 0.3 is 0 Å². The molecule has 0 aliphatic rings. The minimum Gasteiger partial charge on any atom is -0.493 e. The molecule has 0 aliphatic heterocycles. The second kappa shape index (κ2) is 7.38. The Morgan fingerprint density at radius 1 is 1.11 bits per heavy atom. The summed E-state index contributed by atoms with van der Waals surface area (Å²) in [6.07, 6.45) is 3.63. The molecular formula is C15H18N2O2. The molecule has 0 radical (unpaired) electrons. The third-order valence-corrected chi connectivity index (χ3v) is 2.66. The number of methoxy groups -OCH3 is 1. The lowest BCUT2D eigenvalue weighted by atomic mass is 10.3. The Bertz CT molecular complexity index is 489. The molecular weight excluding hydrogens is 240 g/mol. The molecule has 19 heavy (non-hydrogen) atoms. The van der Waals surface area contributed by atoms with Crippen LogP contribution in [-0.4, -0.2) is 25.2 Å². The monoisotopic (exact) mass is 258 g/mol. The molecule has 0 bridgehead atoms. The molecule has 100 valence electrons. The number of hydrogen-bond acceptors (Lipinski definition) is 4. The molecule has 1 aromatic heterocycles. The Morgan fingerprint density at radius 2 is 1.95 bits per heavy atom. The van der Waals surface area contributed by atoms with Crippen LogP contribution in [0.25, 0.3) is 0 Å². The van der Waals surface area contributed by atoms with Gasteiger partial charge in [-0.1, -0.05) is 18.2 Å². The van der Waals surface area contributed by atoms with Crippen LogP contribution >= 0.6 is 0 Å². The van der Waals surface area contributed by atoms with Gasteiger partial charge in [-0.15, -0.1) is 0 Å². The van der Waals surface area contributed by atoms with Gasteiger partial charge in [-0.2, -0.15) is 0 Å². The summed E-state index contributed by atoms with van der Waals surface area (Å²) in [6, 6.07) is 11.6. The number of benzene rings is 1. The molecule has 2 rings (SSSR count). The highest BCUT2D eigenvalue weighted by Gasteiger charge is 2.01. The van der Waals surface area contributed by atoms with Crippen LogP contribution in [0.15, 0.2) is 48.8 Å². The third kappa shape index (κ3) is 4.26. The molecule has 0 fully saturated rings. The number of nitrogens with zero attached hydrogens (tertiary/aromatic N) is 1. The molecule has 0 unspecified atom stereocenters. The quantitative estimate of drug-likeness (QED) is 0.774. The average molecular weight is 258 g/mol. The number of hydrogen-bond donors (Lipinski definition) is 1. The summed E-state index contributed by atoms with van der Waals surface area (Å²) in [7, 11) is 1.64. The smallest absolute Gasteiger partial charge is 0.161 e. The van der Waals surface area contributed by atoms with E-state index in [1.165, 1.54) is 5.56 Å². The Balaban J connectivity index is 1.69. The van der Waals surface area contributed by atoms with E-state index < -0.39 is 0 Å². The molecule has 0 saturated carbocycles. The predicted octanol–water partition coefficient (Wildman–Crippen LogP) is 2.26. The Labute approximate surface area is 113 Å². The van der Waals surface area contributed by atoms with Gasteiger partial charge in [-0.25, -0.2) is 0 Å². The van der Waals surface area contributed by atoms with Crippen molar-refractivity contribution < 1.29 is 9.47 Å². The molecule has 4 nitrogen and oxygen atoms in total. The van der Waals surface area contributed by atoms with Crippen molar-refractivity contribution in [2.24, 2.45) is 0 Å². The molecule has 0 amide bonds. The molecule has 1 aromatic carbocycles. The van der Waals surface area contributed by atoms with E-state index in [4.69, 9.17) is 9.47 Å². The molecule has 4 heteroatoms. The number of rotatable bonds is 7. The lowest BCUT2D eigenvalue weighted by Crippen LogP contribution is -2.20. The fraction of sp³-hybridized carbons (Fsp3) is 0.267. The Hall–Kier alpha value is -2.07. The topological polar surface area (TPSA) is 43.4 Å². The largest absolute Gasteiger partial charge is 0.493 e. The van der Waals surface area contributed by atoms with Crippen LogP contribution in [0.4, 0.5) is 0 Å². The Morgan fingerprint density at radius 3 is 2.68 bits per heavy atom. The van der Waals surface area contributed by atoms with Crippen molar-refractivity contribution in [3.63, 3.8) is 0 Å². The minimum atomic E-state index is 0.598. The first kappa shape index (κ1) is 13.4. The molecule has 0 aliphatic carbocycles. The zero-order valence-corrected chi connectivity index (χ0v) is 11.0. The Kier molecular flexibility index (Phi) is 5.19. The first-order valence-electron chi connectivity index (χ1n) is 6.25. The minimum absolute atomic E-state index is 0.598. The zero-order valence-electron chi connectivity index (χ0n) is 11.0. The van der Waals surface area contributed by atoms with Crippen molar-refractivity contribution in [3.8, 4) is 11.5 Å². The van der Waals surface area contributed by atoms with Gasteiger partial charge in [0, 0.05) is 25.5 Å². The van der Waals surface area contributed by atoms with E-state index >= 15 is 0 Å². The summed E-state index contributed by atoms with van der Waals surface area (Å²) < 4.78 is 10.9. The predicted molar refractivity (Wildman–Crippen MR) is 74.4 cm³/mol. The van der Waals surface area contributed by atoms with E-state index in [-0.39, 0.29) is 0 Å². The van der Waals surface area contributed by atoms with Gasteiger partial charge in [0.1, 0.15) is 6.61 Å². The van der Waals surface area contributed by atoms with E-state index in [1.54, 1.807) is 13.3 Å². The first-order valence-corrected chi connectivity index (χ1v) is 6.25. The maximum absolute atomic E-state index is 5.66. The highest BCUT2D eigenvalue weighted by molar-refractivity contribution is 5.39. The highest BCUT2D eigenvalue weighted by Crippen LogP contribution is 2.25. The zero-order chi connectivity index (χ0) is 13.3. The number of nitrogens with one attached hydrogen (secondary N) is 1. The number of ether oxygens (including phenoxy) is 2. The molecule has 1 heterocycles. The van der Waals surface area contributed by atoms with Crippen molar-refractivity contribution in [3.05, 3.63) is 54.4 Å². The number of aromatic nitrogens is 1. The van der Waals surface area contributed by atoms with Crippen LogP contribution in [-0.2, 0) is 6.54 Å².